The standard InChI is InChI=1S/C4H5NS2/c6-5-4-1-2-7-3-4/h1-3,5-6H. The summed E-state index contributed by atoms with van der Waals surface area (Å²) in [4.78, 5) is 0. The second-order valence-electron chi connectivity index (χ2n) is 1.12. The number of nitrogens with one attached hydrogen (secondary N) is 1. The number of hydrogen-bond donors (Lipinski definition) is 2. The first-order valence-electron chi connectivity index (χ1n) is 1.86. The first kappa shape index (κ1) is 5.00. The summed E-state index contributed by atoms with van der Waals surface area (Å²) in [6.07, 6.45) is 0. The maximum Gasteiger partial charge on any atom is 0.0546 e. The van der Waals surface area contributed by atoms with Crippen LogP contribution in [0.25, 0.3) is 0 Å². The quantitative estimate of drug-likeness (QED) is 0.555. The molecule has 0 fully saturated rings. The molecule has 1 nitrogen and oxygen atoms in total. The Labute approximate surface area is 51.9 Å². The van der Waals surface area contributed by atoms with Crippen LogP contribution in [0.5, 0.6) is 0 Å². The van der Waals surface area contributed by atoms with E-state index in [-0.39, 0.29) is 0 Å². The van der Waals surface area contributed by atoms with Crippen LogP contribution < -0.4 is 4.72 Å². The fraction of sp³-hybridized carbons (Fsp3) is 0. The number of anilines is 1. The minimum atomic E-state index is 1.06. The molecule has 0 aliphatic carbocycles. The third-order valence-electron chi connectivity index (χ3n) is 0.650. The lowest BCUT2D eigenvalue weighted by Crippen LogP contribution is -1.69. The molecule has 0 saturated heterocycles. The maximum atomic E-state index is 3.83. The van der Waals surface area contributed by atoms with Gasteiger partial charge in [-0.1, -0.05) is 12.8 Å². The van der Waals surface area contributed by atoms with Crippen LogP contribution in [-0.4, -0.2) is 0 Å². The van der Waals surface area contributed by atoms with Crippen LogP contribution in [0.4, 0.5) is 5.69 Å². The molecule has 0 aliphatic rings. The lowest BCUT2D eigenvalue weighted by atomic mass is 10.6. The van der Waals surface area contributed by atoms with Crippen LogP contribution in [0.2, 0.25) is 0 Å². The van der Waals surface area contributed by atoms with Crippen molar-refractivity contribution in [1.29, 1.82) is 0 Å². The fourth-order valence-corrected chi connectivity index (χ4v) is 1.14. The van der Waals surface area contributed by atoms with E-state index >= 15 is 0 Å². The highest BCUT2D eigenvalue weighted by Crippen LogP contribution is 2.11. The van der Waals surface area contributed by atoms with Gasteiger partial charge < -0.3 is 4.72 Å². The Bertz CT molecular complexity index is 124. The van der Waals surface area contributed by atoms with E-state index in [0.29, 0.717) is 0 Å². The Morgan fingerprint density at radius 2 is 2.57 bits per heavy atom. The summed E-state index contributed by atoms with van der Waals surface area (Å²) in [6, 6.07) is 1.97. The monoisotopic (exact) mass is 131 g/mol. The summed E-state index contributed by atoms with van der Waals surface area (Å²) >= 11 is 5.49. The number of hydrogen-bond acceptors (Lipinski definition) is 3. The van der Waals surface area contributed by atoms with Crippen molar-refractivity contribution in [3.8, 4) is 0 Å². The van der Waals surface area contributed by atoms with Gasteiger partial charge in [-0.15, -0.1) is 0 Å². The molecule has 0 spiro atoms. The zero-order chi connectivity index (χ0) is 5.11. The lowest BCUT2D eigenvalue weighted by molar-refractivity contribution is 1.89. The maximum absolute atomic E-state index is 3.83. The van der Waals surface area contributed by atoms with Gasteiger partial charge in [-0.05, 0) is 11.4 Å². The van der Waals surface area contributed by atoms with E-state index in [0.717, 1.165) is 5.69 Å². The van der Waals surface area contributed by atoms with Crippen LogP contribution in [-0.2, 0) is 0 Å². The molecule has 3 heteroatoms. The minimum absolute atomic E-state index is 1.06. The summed E-state index contributed by atoms with van der Waals surface area (Å²) in [7, 11) is 0. The van der Waals surface area contributed by atoms with Crippen molar-refractivity contribution >= 4 is 29.8 Å². The summed E-state index contributed by atoms with van der Waals surface area (Å²) in [5.74, 6) is 0. The van der Waals surface area contributed by atoms with Gasteiger partial charge in [0.05, 0.1) is 5.69 Å². The van der Waals surface area contributed by atoms with Gasteiger partial charge >= 0.3 is 0 Å². The summed E-state index contributed by atoms with van der Waals surface area (Å²) < 4.78 is 2.71. The Kier molecular flexibility index (Phi) is 1.59. The van der Waals surface area contributed by atoms with Crippen molar-refractivity contribution in [1.82, 2.24) is 0 Å². The summed E-state index contributed by atoms with van der Waals surface area (Å²) in [6.45, 7) is 0. The van der Waals surface area contributed by atoms with Gasteiger partial charge in [0.1, 0.15) is 0 Å². The molecule has 1 aromatic heterocycles. The van der Waals surface area contributed by atoms with Crippen molar-refractivity contribution in [3.63, 3.8) is 0 Å². The van der Waals surface area contributed by atoms with E-state index in [9.17, 15) is 0 Å². The van der Waals surface area contributed by atoms with Crippen molar-refractivity contribution in [3.05, 3.63) is 16.8 Å². The van der Waals surface area contributed by atoms with Crippen molar-refractivity contribution in [2.45, 2.75) is 0 Å². The van der Waals surface area contributed by atoms with Crippen LogP contribution >= 0.6 is 24.2 Å². The molecule has 0 aromatic carbocycles. The molecule has 0 bridgehead atoms. The van der Waals surface area contributed by atoms with Crippen LogP contribution in [0.1, 0.15) is 0 Å². The third kappa shape index (κ3) is 1.11. The Morgan fingerprint density at radius 1 is 1.71 bits per heavy atom. The van der Waals surface area contributed by atoms with E-state index < -0.39 is 0 Å². The van der Waals surface area contributed by atoms with Crippen LogP contribution in [0, 0.1) is 0 Å². The average molecular weight is 131 g/mol. The topological polar surface area (TPSA) is 12.0 Å². The number of thiophene rings is 1. The minimum Gasteiger partial charge on any atom is -0.332 e. The normalized spacial score (nSPS) is 8.71. The molecule has 0 saturated carbocycles. The van der Waals surface area contributed by atoms with E-state index in [4.69, 9.17) is 0 Å². The second-order valence-corrected chi connectivity index (χ2v) is 2.13. The highest BCUT2D eigenvalue weighted by molar-refractivity contribution is 7.81. The van der Waals surface area contributed by atoms with Crippen molar-refractivity contribution in [2.75, 3.05) is 4.72 Å². The molecule has 0 aliphatic heterocycles. The highest BCUT2D eigenvalue weighted by atomic mass is 32.1. The smallest absolute Gasteiger partial charge is 0.0546 e. The molecule has 7 heavy (non-hydrogen) atoms. The fourth-order valence-electron chi connectivity index (χ4n) is 0.328. The van der Waals surface area contributed by atoms with Gasteiger partial charge in [-0.2, -0.15) is 11.3 Å². The lowest BCUT2D eigenvalue weighted by Gasteiger charge is -1.84. The molecule has 0 atom stereocenters. The zero-order valence-corrected chi connectivity index (χ0v) is 5.30. The van der Waals surface area contributed by atoms with Crippen molar-refractivity contribution < 1.29 is 0 Å². The molecule has 38 valence electrons. The van der Waals surface area contributed by atoms with E-state index in [2.05, 4.69) is 17.5 Å². The first-order valence-corrected chi connectivity index (χ1v) is 3.25. The Hall–Kier alpha value is -0.150. The third-order valence-corrected chi connectivity index (χ3v) is 1.59. The molecule has 0 radical (unpaired) electrons. The van der Waals surface area contributed by atoms with E-state index in [1.165, 1.54) is 0 Å². The van der Waals surface area contributed by atoms with Gasteiger partial charge in [0.25, 0.3) is 0 Å². The van der Waals surface area contributed by atoms with E-state index in [1.54, 1.807) is 11.3 Å². The number of rotatable bonds is 1. The van der Waals surface area contributed by atoms with Gasteiger partial charge in [-0.25, -0.2) is 0 Å². The Balaban J connectivity index is 2.76. The molecule has 1 heterocycles. The molecular weight excluding hydrogens is 126 g/mol. The van der Waals surface area contributed by atoms with E-state index in [1.807, 2.05) is 16.8 Å². The largest absolute Gasteiger partial charge is 0.332 e. The summed E-state index contributed by atoms with van der Waals surface area (Å²) in [5.41, 5.74) is 1.06. The van der Waals surface area contributed by atoms with Gasteiger partial charge in [0.2, 0.25) is 0 Å². The summed E-state index contributed by atoms with van der Waals surface area (Å²) in [5, 5.41) is 3.99. The predicted molar refractivity (Wildman–Crippen MR) is 36.9 cm³/mol. The van der Waals surface area contributed by atoms with Crippen LogP contribution in [0.15, 0.2) is 16.8 Å². The average Bonchev–Trinajstić information content (AvgIpc) is 2.14. The van der Waals surface area contributed by atoms with Crippen molar-refractivity contribution in [2.24, 2.45) is 0 Å². The van der Waals surface area contributed by atoms with Gasteiger partial charge in [0.15, 0.2) is 0 Å². The molecule has 1 aromatic rings. The first-order chi connectivity index (χ1) is 3.43. The molecule has 1 rings (SSSR count). The van der Waals surface area contributed by atoms with Gasteiger partial charge in [-0.3, -0.25) is 0 Å². The predicted octanol–water partition coefficient (Wildman–Crippen LogP) is 2.00. The zero-order valence-electron chi connectivity index (χ0n) is 3.59. The highest BCUT2D eigenvalue weighted by Gasteiger charge is 1.81. The SMILES string of the molecule is SNc1ccsc1. The molecule has 0 unspecified atom stereocenters. The van der Waals surface area contributed by atoms with Crippen LogP contribution in [0.3, 0.4) is 0 Å². The molecule has 0 amide bonds. The molecular formula is C4H5NS2. The molecule has 1 N–H and O–H groups in total. The second kappa shape index (κ2) is 2.23. The van der Waals surface area contributed by atoms with Gasteiger partial charge in [0, 0.05) is 5.38 Å². The number of thiol groups is 1. The Morgan fingerprint density at radius 3 is 2.86 bits per heavy atom.